The van der Waals surface area contributed by atoms with Gasteiger partial charge in [-0.25, -0.2) is 12.4 Å². The molecular formula is C32H26N4O5S. The number of ether oxygens (including phenoxy) is 1. The maximum atomic E-state index is 14.4. The van der Waals surface area contributed by atoms with Gasteiger partial charge in [-0.3, -0.25) is 9.59 Å². The number of anilines is 2. The molecule has 1 aromatic heterocycles. The fourth-order valence-electron chi connectivity index (χ4n) is 5.84. The van der Waals surface area contributed by atoms with Crippen LogP contribution in [0.1, 0.15) is 27.2 Å². The summed E-state index contributed by atoms with van der Waals surface area (Å²) in [5, 5.41) is 6.83. The zero-order valence-corrected chi connectivity index (χ0v) is 23.6. The molecule has 0 fully saturated rings. The number of hydrogen-bond donors (Lipinski definition) is 2. The maximum Gasteiger partial charge on any atom is 0.278 e. The van der Waals surface area contributed by atoms with Gasteiger partial charge >= 0.3 is 0 Å². The van der Waals surface area contributed by atoms with Crippen molar-refractivity contribution in [3.63, 3.8) is 0 Å². The van der Waals surface area contributed by atoms with E-state index >= 15 is 0 Å². The van der Waals surface area contributed by atoms with Gasteiger partial charge in [0.15, 0.2) is 0 Å². The molecule has 3 heterocycles. The average molecular weight is 579 g/mol. The summed E-state index contributed by atoms with van der Waals surface area (Å²) in [6.07, 6.45) is 0. The molecule has 9 nitrogen and oxygen atoms in total. The Hall–Kier alpha value is -5.09. The normalized spacial score (nSPS) is 17.6. The maximum absolute atomic E-state index is 14.4. The molecule has 1 atom stereocenters. The number of carbonyl (C=O) groups is 2. The summed E-state index contributed by atoms with van der Waals surface area (Å²) in [5.74, 6) is -0.223. The van der Waals surface area contributed by atoms with E-state index in [-0.39, 0.29) is 17.3 Å². The first-order valence-corrected chi connectivity index (χ1v) is 14.8. The highest BCUT2D eigenvalue weighted by Crippen LogP contribution is 2.44. The number of aromatic nitrogens is 1. The summed E-state index contributed by atoms with van der Waals surface area (Å²) < 4.78 is 34.9. The minimum Gasteiger partial charge on any atom is -0.497 e. The molecule has 0 saturated heterocycles. The van der Waals surface area contributed by atoms with Crippen LogP contribution in [-0.4, -0.2) is 31.3 Å². The van der Waals surface area contributed by atoms with Gasteiger partial charge in [0, 0.05) is 16.6 Å². The van der Waals surface area contributed by atoms with Crippen LogP contribution in [-0.2, 0) is 27.0 Å². The van der Waals surface area contributed by atoms with Crippen molar-refractivity contribution in [3.8, 4) is 5.75 Å². The molecule has 2 amide bonds. The fourth-order valence-corrected chi connectivity index (χ4v) is 7.37. The number of nitrogens with zero attached hydrogens (tertiary/aromatic N) is 2. The molecule has 42 heavy (non-hydrogen) atoms. The van der Waals surface area contributed by atoms with E-state index in [2.05, 4.69) is 10.6 Å². The van der Waals surface area contributed by atoms with Crippen LogP contribution in [0.3, 0.4) is 0 Å². The van der Waals surface area contributed by atoms with Crippen LogP contribution in [0.2, 0.25) is 0 Å². The molecule has 7 rings (SSSR count). The second-order valence-electron chi connectivity index (χ2n) is 10.4. The van der Waals surface area contributed by atoms with Crippen molar-refractivity contribution in [2.75, 3.05) is 17.3 Å². The van der Waals surface area contributed by atoms with E-state index in [1.165, 1.54) is 8.87 Å². The Kier molecular flexibility index (Phi) is 5.67. The number of methoxy groups -OCH3 is 1. The summed E-state index contributed by atoms with van der Waals surface area (Å²) in [4.78, 5) is 29.2. The first kappa shape index (κ1) is 25.8. The van der Waals surface area contributed by atoms with Gasteiger partial charge in [-0.05, 0) is 61.5 Å². The molecular weight excluding hydrogens is 552 g/mol. The van der Waals surface area contributed by atoms with E-state index in [1.807, 2.05) is 6.92 Å². The topological polar surface area (TPSA) is 110 Å². The third kappa shape index (κ3) is 3.72. The van der Waals surface area contributed by atoms with Gasteiger partial charge in [0.05, 0.1) is 41.0 Å². The minimum atomic E-state index is -4.06. The molecule has 0 saturated carbocycles. The first-order chi connectivity index (χ1) is 20.2. The van der Waals surface area contributed by atoms with Gasteiger partial charge in [-0.2, -0.15) is 0 Å². The van der Waals surface area contributed by atoms with Crippen molar-refractivity contribution in [2.45, 2.75) is 24.0 Å². The van der Waals surface area contributed by atoms with E-state index in [4.69, 9.17) is 4.74 Å². The van der Waals surface area contributed by atoms with Crippen LogP contribution >= 0.6 is 0 Å². The Morgan fingerprint density at radius 3 is 2.38 bits per heavy atom. The number of fused-ring (bicyclic) bond motifs is 4. The number of nitrogens with one attached hydrogen (secondary N) is 2. The zero-order chi connectivity index (χ0) is 29.2. The Morgan fingerprint density at radius 1 is 0.857 bits per heavy atom. The lowest BCUT2D eigenvalue weighted by atomic mass is 9.96. The van der Waals surface area contributed by atoms with Crippen molar-refractivity contribution >= 4 is 44.1 Å². The number of amides is 2. The lowest BCUT2D eigenvalue weighted by Gasteiger charge is -2.36. The van der Waals surface area contributed by atoms with Gasteiger partial charge in [-0.1, -0.05) is 48.0 Å². The van der Waals surface area contributed by atoms with Crippen molar-refractivity contribution in [2.24, 2.45) is 0 Å². The highest BCUT2D eigenvalue weighted by Gasteiger charge is 2.54. The van der Waals surface area contributed by atoms with Gasteiger partial charge in [0.25, 0.3) is 21.8 Å². The molecule has 210 valence electrons. The molecule has 0 bridgehead atoms. The molecule has 4 aromatic carbocycles. The number of aryl methyl sites for hydroxylation is 1. The van der Waals surface area contributed by atoms with Gasteiger partial charge < -0.3 is 20.3 Å². The zero-order valence-electron chi connectivity index (χ0n) is 22.8. The molecule has 1 spiro atoms. The van der Waals surface area contributed by atoms with Crippen LogP contribution in [0.25, 0.3) is 10.9 Å². The summed E-state index contributed by atoms with van der Waals surface area (Å²) in [6.45, 7) is 1.82. The smallest absolute Gasteiger partial charge is 0.278 e. The third-order valence-corrected chi connectivity index (χ3v) is 9.66. The quantitative estimate of drug-likeness (QED) is 0.312. The number of rotatable bonds is 5. The second kappa shape index (κ2) is 9.22. The highest BCUT2D eigenvalue weighted by atomic mass is 32.2. The number of para-hydroxylation sites is 2. The molecule has 5 aromatic rings. The minimum absolute atomic E-state index is 0.0706. The predicted octanol–water partition coefficient (Wildman–Crippen LogP) is 4.75. The highest BCUT2D eigenvalue weighted by molar-refractivity contribution is 7.90. The summed E-state index contributed by atoms with van der Waals surface area (Å²) >= 11 is 0. The molecule has 0 radical (unpaired) electrons. The van der Waals surface area contributed by atoms with E-state index in [0.29, 0.717) is 44.8 Å². The van der Waals surface area contributed by atoms with Gasteiger partial charge in [0.2, 0.25) is 5.66 Å². The lowest BCUT2D eigenvalue weighted by molar-refractivity contribution is -0.123. The first-order valence-electron chi connectivity index (χ1n) is 13.3. The fraction of sp³-hybridized carbons (Fsp3) is 0.125. The van der Waals surface area contributed by atoms with Crippen LogP contribution in [0.5, 0.6) is 5.75 Å². The number of carbonyl (C=O) groups excluding carboxylic acids is 2. The van der Waals surface area contributed by atoms with Crippen molar-refractivity contribution < 1.29 is 22.7 Å². The largest absolute Gasteiger partial charge is 0.497 e. The standard InChI is InChI=1S/C32H26N4O5S/c1-20-11-14-24(15-12-20)42(39,40)36-22(17-21-18-23(41-2)13-16-28(21)36)19-35-29-10-6-4-8-26(29)32(31(35)38)33-27-9-5-3-7-25(27)30(37)34-32/h3-18,33H,19H2,1-2H3,(H,34,37). The molecule has 0 aliphatic carbocycles. The van der Waals surface area contributed by atoms with E-state index in [9.17, 15) is 18.0 Å². The van der Waals surface area contributed by atoms with Crippen molar-refractivity contribution in [3.05, 3.63) is 119 Å². The van der Waals surface area contributed by atoms with Crippen LogP contribution < -0.4 is 20.3 Å². The van der Waals surface area contributed by atoms with Crippen LogP contribution in [0, 0.1) is 6.92 Å². The summed E-state index contributed by atoms with van der Waals surface area (Å²) in [5.41, 5.74) is 2.34. The van der Waals surface area contributed by atoms with Crippen LogP contribution in [0.4, 0.5) is 11.4 Å². The monoisotopic (exact) mass is 578 g/mol. The Balaban J connectivity index is 1.38. The van der Waals surface area contributed by atoms with Crippen LogP contribution in [0.15, 0.2) is 102 Å². The van der Waals surface area contributed by atoms with Gasteiger partial charge in [-0.15, -0.1) is 0 Å². The second-order valence-corrected chi connectivity index (χ2v) is 12.2. The Morgan fingerprint density at radius 2 is 1.60 bits per heavy atom. The van der Waals surface area contributed by atoms with Gasteiger partial charge in [0.1, 0.15) is 5.75 Å². The molecule has 10 heteroatoms. The Labute approximate surface area is 242 Å². The van der Waals surface area contributed by atoms with Crippen molar-refractivity contribution in [1.29, 1.82) is 0 Å². The van der Waals surface area contributed by atoms with E-state index in [0.717, 1.165) is 5.56 Å². The number of hydrogen-bond acceptors (Lipinski definition) is 6. The summed E-state index contributed by atoms with van der Waals surface area (Å²) in [6, 6.07) is 27.8. The van der Waals surface area contributed by atoms with E-state index < -0.39 is 21.6 Å². The predicted molar refractivity (Wildman–Crippen MR) is 159 cm³/mol. The third-order valence-electron chi connectivity index (χ3n) is 7.88. The molecule has 1 unspecified atom stereocenters. The average Bonchev–Trinajstić information content (AvgIpc) is 3.46. The SMILES string of the molecule is COc1ccc2c(c1)cc(CN1C(=O)C3(NC(=O)c4ccccc4N3)c3ccccc31)n2S(=O)(=O)c1ccc(C)cc1. The number of benzene rings is 4. The van der Waals surface area contributed by atoms with Crippen molar-refractivity contribution in [1.82, 2.24) is 9.29 Å². The molecule has 2 N–H and O–H groups in total. The molecule has 2 aliphatic heterocycles. The lowest BCUT2D eigenvalue weighted by Crippen LogP contribution is -2.60. The summed E-state index contributed by atoms with van der Waals surface area (Å²) in [7, 11) is -2.51. The molecule has 2 aliphatic rings. The van der Waals surface area contributed by atoms with E-state index in [1.54, 1.807) is 104 Å². The Bertz CT molecular complexity index is 2030.